The van der Waals surface area contributed by atoms with Crippen molar-refractivity contribution in [3.63, 3.8) is 0 Å². The fourth-order valence-corrected chi connectivity index (χ4v) is 4.37. The van der Waals surface area contributed by atoms with Crippen LogP contribution >= 0.6 is 23.4 Å². The highest BCUT2D eigenvalue weighted by Gasteiger charge is 2.37. The van der Waals surface area contributed by atoms with Gasteiger partial charge >= 0.3 is 6.18 Å². The van der Waals surface area contributed by atoms with Crippen LogP contribution in [0, 0.1) is 0 Å². The van der Waals surface area contributed by atoms with Crippen molar-refractivity contribution in [1.82, 2.24) is 14.8 Å². The molecule has 0 atom stereocenters. The van der Waals surface area contributed by atoms with E-state index in [-0.39, 0.29) is 21.6 Å². The second-order valence-electron chi connectivity index (χ2n) is 4.48. The maximum absolute atomic E-state index is 12.6. The minimum atomic E-state index is -4.60. The Morgan fingerprint density at radius 3 is 2.35 bits per heavy atom. The summed E-state index contributed by atoms with van der Waals surface area (Å²) < 4.78 is 62.8. The fourth-order valence-electron chi connectivity index (χ4n) is 1.69. The molecule has 0 amide bonds. The van der Waals surface area contributed by atoms with Crippen molar-refractivity contribution in [2.45, 2.75) is 16.2 Å². The standard InChI is InChI=1S/C12H11ClF3N3O2S2/c1-19-10(12(14,15)16)17-18-11(19)22-6-7-23(20,21)9-4-2-8(13)3-5-9/h2-5H,6-7H2,1H3. The molecular formula is C12H11ClF3N3O2S2. The molecular weight excluding hydrogens is 375 g/mol. The molecule has 11 heteroatoms. The van der Waals surface area contributed by atoms with Crippen molar-refractivity contribution in [3.05, 3.63) is 35.1 Å². The van der Waals surface area contributed by atoms with Crippen LogP contribution in [-0.4, -0.2) is 34.7 Å². The number of rotatable bonds is 5. The number of alkyl halides is 3. The minimum Gasteiger partial charge on any atom is -0.302 e. The molecule has 0 fully saturated rings. The van der Waals surface area contributed by atoms with Gasteiger partial charge in [-0.15, -0.1) is 10.2 Å². The zero-order valence-electron chi connectivity index (χ0n) is 11.7. The molecule has 0 spiro atoms. The first-order chi connectivity index (χ1) is 10.6. The van der Waals surface area contributed by atoms with Crippen LogP contribution in [0.1, 0.15) is 5.82 Å². The monoisotopic (exact) mass is 385 g/mol. The van der Waals surface area contributed by atoms with E-state index >= 15 is 0 Å². The molecule has 0 radical (unpaired) electrons. The Hall–Kier alpha value is -1.26. The molecule has 0 N–H and O–H groups in total. The molecule has 5 nitrogen and oxygen atoms in total. The predicted octanol–water partition coefficient (Wildman–Crippen LogP) is 3.05. The van der Waals surface area contributed by atoms with Gasteiger partial charge in [-0.3, -0.25) is 0 Å². The molecule has 126 valence electrons. The number of nitrogens with zero attached hydrogens (tertiary/aromatic N) is 3. The second-order valence-corrected chi connectivity index (χ2v) is 8.09. The molecule has 2 rings (SSSR count). The van der Waals surface area contributed by atoms with Gasteiger partial charge in [-0.2, -0.15) is 13.2 Å². The summed E-state index contributed by atoms with van der Waals surface area (Å²) in [7, 11) is -2.36. The average Bonchev–Trinajstić information content (AvgIpc) is 2.80. The SMILES string of the molecule is Cn1c(SCCS(=O)(=O)c2ccc(Cl)cc2)nnc1C(F)(F)F. The summed E-state index contributed by atoms with van der Waals surface area (Å²) in [5.74, 6) is -1.32. The van der Waals surface area contributed by atoms with Gasteiger partial charge in [-0.05, 0) is 24.3 Å². The first kappa shape index (κ1) is 18.1. The molecule has 0 aliphatic carbocycles. The Balaban J connectivity index is 2.02. The van der Waals surface area contributed by atoms with Crippen LogP contribution in [0.15, 0.2) is 34.3 Å². The Morgan fingerprint density at radius 1 is 1.22 bits per heavy atom. The number of thioether (sulfide) groups is 1. The molecule has 1 heterocycles. The maximum Gasteiger partial charge on any atom is 0.451 e. The van der Waals surface area contributed by atoms with E-state index in [4.69, 9.17) is 11.6 Å². The van der Waals surface area contributed by atoms with Crippen molar-refractivity contribution < 1.29 is 21.6 Å². The Morgan fingerprint density at radius 2 is 1.83 bits per heavy atom. The van der Waals surface area contributed by atoms with Crippen LogP contribution in [-0.2, 0) is 23.1 Å². The molecule has 0 saturated carbocycles. The average molecular weight is 386 g/mol. The van der Waals surface area contributed by atoms with E-state index in [0.717, 1.165) is 16.3 Å². The smallest absolute Gasteiger partial charge is 0.302 e. The van der Waals surface area contributed by atoms with Crippen molar-refractivity contribution in [2.24, 2.45) is 7.05 Å². The van der Waals surface area contributed by atoms with E-state index in [1.807, 2.05) is 0 Å². The van der Waals surface area contributed by atoms with Crippen molar-refractivity contribution >= 4 is 33.2 Å². The molecule has 0 saturated heterocycles. The largest absolute Gasteiger partial charge is 0.451 e. The molecule has 2 aromatic rings. The third-order valence-electron chi connectivity index (χ3n) is 2.84. The highest BCUT2D eigenvalue weighted by Crippen LogP contribution is 2.29. The fraction of sp³-hybridized carbons (Fsp3) is 0.333. The summed E-state index contributed by atoms with van der Waals surface area (Å²) in [5, 5.41) is 6.92. The van der Waals surface area contributed by atoms with E-state index in [1.165, 1.54) is 31.3 Å². The van der Waals surface area contributed by atoms with Crippen molar-refractivity contribution in [1.29, 1.82) is 0 Å². The first-order valence-corrected chi connectivity index (χ1v) is 9.20. The Bertz CT molecular complexity index is 789. The van der Waals surface area contributed by atoms with Crippen molar-refractivity contribution in [2.75, 3.05) is 11.5 Å². The predicted molar refractivity (Wildman–Crippen MR) is 80.2 cm³/mol. The van der Waals surface area contributed by atoms with Crippen LogP contribution in [0.2, 0.25) is 5.02 Å². The van der Waals surface area contributed by atoms with E-state index < -0.39 is 21.8 Å². The molecule has 0 aliphatic heterocycles. The number of hydrogen-bond donors (Lipinski definition) is 0. The van der Waals surface area contributed by atoms with Gasteiger partial charge in [0.1, 0.15) is 0 Å². The molecule has 0 aliphatic rings. The van der Waals surface area contributed by atoms with Gasteiger partial charge < -0.3 is 4.57 Å². The third-order valence-corrected chi connectivity index (χ3v) is 6.11. The minimum absolute atomic E-state index is 0.00336. The molecule has 0 unspecified atom stereocenters. The quantitative estimate of drug-likeness (QED) is 0.740. The van der Waals surface area contributed by atoms with Gasteiger partial charge in [0.05, 0.1) is 10.6 Å². The lowest BCUT2D eigenvalue weighted by Gasteiger charge is -2.07. The van der Waals surface area contributed by atoms with Gasteiger partial charge in [-0.1, -0.05) is 23.4 Å². The summed E-state index contributed by atoms with van der Waals surface area (Å²) in [6, 6.07) is 5.68. The highest BCUT2D eigenvalue weighted by atomic mass is 35.5. The third kappa shape index (κ3) is 4.39. The molecule has 0 bridgehead atoms. The van der Waals surface area contributed by atoms with E-state index in [2.05, 4.69) is 10.2 Å². The number of benzene rings is 1. The summed E-state index contributed by atoms with van der Waals surface area (Å²) in [6.45, 7) is 0. The Labute approximate surface area is 139 Å². The highest BCUT2D eigenvalue weighted by molar-refractivity contribution is 8.00. The summed E-state index contributed by atoms with van der Waals surface area (Å²) in [6.07, 6.45) is -4.60. The van der Waals surface area contributed by atoms with Gasteiger partial charge in [0.15, 0.2) is 15.0 Å². The van der Waals surface area contributed by atoms with Crippen molar-refractivity contribution in [3.8, 4) is 0 Å². The molecule has 23 heavy (non-hydrogen) atoms. The normalized spacial score (nSPS) is 12.6. The lowest BCUT2D eigenvalue weighted by Crippen LogP contribution is -2.13. The topological polar surface area (TPSA) is 64.8 Å². The van der Waals surface area contributed by atoms with Gasteiger partial charge in [-0.25, -0.2) is 8.42 Å². The van der Waals surface area contributed by atoms with Crippen LogP contribution in [0.4, 0.5) is 13.2 Å². The van der Waals surface area contributed by atoms with Gasteiger partial charge in [0.2, 0.25) is 5.82 Å². The number of halogens is 4. The van der Waals surface area contributed by atoms with Crippen LogP contribution in [0.5, 0.6) is 0 Å². The number of hydrogen-bond acceptors (Lipinski definition) is 5. The zero-order chi connectivity index (χ0) is 17.3. The van der Waals surface area contributed by atoms with Gasteiger partial charge in [0, 0.05) is 17.8 Å². The summed E-state index contributed by atoms with van der Waals surface area (Å²) in [4.78, 5) is 0.108. The van der Waals surface area contributed by atoms with Gasteiger partial charge in [0.25, 0.3) is 0 Å². The Kier molecular flexibility index (Phi) is 5.27. The van der Waals surface area contributed by atoms with Crippen LogP contribution in [0.3, 0.4) is 0 Å². The summed E-state index contributed by atoms with van der Waals surface area (Å²) in [5.41, 5.74) is 0. The number of sulfone groups is 1. The van der Waals surface area contributed by atoms with E-state index in [9.17, 15) is 21.6 Å². The van der Waals surface area contributed by atoms with Crippen LogP contribution < -0.4 is 0 Å². The molecule has 1 aromatic heterocycles. The zero-order valence-corrected chi connectivity index (χ0v) is 14.1. The molecule has 1 aromatic carbocycles. The second kappa shape index (κ2) is 6.70. The lowest BCUT2D eigenvalue weighted by atomic mass is 10.4. The van der Waals surface area contributed by atoms with Crippen LogP contribution in [0.25, 0.3) is 0 Å². The van der Waals surface area contributed by atoms with E-state index in [0.29, 0.717) is 5.02 Å². The lowest BCUT2D eigenvalue weighted by molar-refractivity contribution is -0.147. The first-order valence-electron chi connectivity index (χ1n) is 6.19. The maximum atomic E-state index is 12.6. The number of aromatic nitrogens is 3. The summed E-state index contributed by atoms with van der Waals surface area (Å²) >= 11 is 6.59. The van der Waals surface area contributed by atoms with E-state index in [1.54, 1.807) is 0 Å².